The molecule has 1 saturated heterocycles. The quantitative estimate of drug-likeness (QED) is 0.239. The molecule has 34 heavy (non-hydrogen) atoms. The van der Waals surface area contributed by atoms with Crippen molar-refractivity contribution in [2.45, 2.75) is 44.3 Å². The van der Waals surface area contributed by atoms with Gasteiger partial charge in [0.15, 0.2) is 5.84 Å². The molecule has 2 aromatic heterocycles. The lowest BCUT2D eigenvalue weighted by molar-refractivity contribution is 0.0245. The van der Waals surface area contributed by atoms with E-state index < -0.39 is 0 Å². The van der Waals surface area contributed by atoms with Crippen molar-refractivity contribution in [1.29, 1.82) is 5.41 Å². The Morgan fingerprint density at radius 3 is 2.44 bits per heavy atom. The van der Waals surface area contributed by atoms with Crippen LogP contribution in [0.15, 0.2) is 35.1 Å². The lowest BCUT2D eigenvalue weighted by atomic mass is 10.0. The first kappa shape index (κ1) is 23.0. The van der Waals surface area contributed by atoms with Crippen molar-refractivity contribution in [1.82, 2.24) is 20.6 Å². The molecular weight excluding hydrogens is 479 g/mol. The minimum absolute atomic E-state index is 0.0822. The fraction of sp³-hybridized carbons (Fsp3) is 0.391. The number of nitrogens with one attached hydrogen (secondary N) is 2. The fourth-order valence-electron chi connectivity index (χ4n) is 4.15. The molecule has 0 spiro atoms. The zero-order valence-electron chi connectivity index (χ0n) is 18.3. The van der Waals surface area contributed by atoms with Gasteiger partial charge in [0.1, 0.15) is 11.5 Å². The second kappa shape index (κ2) is 9.87. The van der Waals surface area contributed by atoms with Gasteiger partial charge in [-0.05, 0) is 37.8 Å². The molecule has 1 saturated carbocycles. The van der Waals surface area contributed by atoms with E-state index in [0.717, 1.165) is 50.1 Å². The molecule has 0 radical (unpaired) electrons. The maximum atomic E-state index is 8.84. The van der Waals surface area contributed by atoms with Gasteiger partial charge in [0.05, 0.1) is 28.3 Å². The van der Waals surface area contributed by atoms with Crippen LogP contribution in [0.3, 0.4) is 0 Å². The van der Waals surface area contributed by atoms with Crippen LogP contribution in [0, 0.1) is 5.41 Å². The number of aromatic nitrogens is 3. The van der Waals surface area contributed by atoms with Crippen molar-refractivity contribution in [3.05, 3.63) is 57.5 Å². The van der Waals surface area contributed by atoms with Crippen LogP contribution in [-0.2, 0) is 11.3 Å². The van der Waals surface area contributed by atoms with E-state index in [0.29, 0.717) is 45.3 Å². The van der Waals surface area contributed by atoms with Crippen molar-refractivity contribution >= 4 is 35.0 Å². The SMILES string of the molecule is N=C(NO)c1cnc(N2CCC(OCc3c(-c4c(Cl)cccc4Cl)noc3C3CC3)CC2)nc1. The summed E-state index contributed by atoms with van der Waals surface area (Å²) in [5, 5.41) is 21.8. The maximum absolute atomic E-state index is 8.84. The molecule has 11 heteroatoms. The van der Waals surface area contributed by atoms with Crippen molar-refractivity contribution in [2.24, 2.45) is 0 Å². The summed E-state index contributed by atoms with van der Waals surface area (Å²) < 4.78 is 12.0. The molecular formula is C23H24Cl2N6O3. The average Bonchev–Trinajstić information content (AvgIpc) is 3.63. The largest absolute Gasteiger partial charge is 0.373 e. The molecule has 0 bridgehead atoms. The van der Waals surface area contributed by atoms with Crippen molar-refractivity contribution in [3.8, 4) is 11.3 Å². The molecule has 3 aromatic rings. The first-order valence-electron chi connectivity index (χ1n) is 11.2. The molecule has 2 aliphatic rings. The summed E-state index contributed by atoms with van der Waals surface area (Å²) in [6.45, 7) is 1.89. The minimum atomic E-state index is -0.143. The topological polar surface area (TPSA) is 120 Å². The zero-order valence-corrected chi connectivity index (χ0v) is 19.8. The van der Waals surface area contributed by atoms with Crippen LogP contribution in [-0.4, -0.2) is 45.4 Å². The number of piperidine rings is 1. The fourth-order valence-corrected chi connectivity index (χ4v) is 4.73. The van der Waals surface area contributed by atoms with Crippen LogP contribution in [0.5, 0.6) is 0 Å². The summed E-state index contributed by atoms with van der Waals surface area (Å²) in [7, 11) is 0. The number of halogens is 2. The van der Waals surface area contributed by atoms with E-state index in [1.165, 1.54) is 12.4 Å². The number of nitrogens with zero attached hydrogens (tertiary/aromatic N) is 4. The predicted octanol–water partition coefficient (Wildman–Crippen LogP) is 4.81. The van der Waals surface area contributed by atoms with Crippen LogP contribution >= 0.6 is 23.2 Å². The molecule has 3 heterocycles. The molecule has 1 aliphatic heterocycles. The monoisotopic (exact) mass is 502 g/mol. The molecule has 3 N–H and O–H groups in total. The van der Waals surface area contributed by atoms with E-state index in [1.807, 2.05) is 6.07 Å². The third-order valence-electron chi connectivity index (χ3n) is 6.19. The van der Waals surface area contributed by atoms with E-state index in [4.69, 9.17) is 43.1 Å². The lowest BCUT2D eigenvalue weighted by Gasteiger charge is -2.32. The van der Waals surface area contributed by atoms with Crippen LogP contribution < -0.4 is 10.4 Å². The van der Waals surface area contributed by atoms with Gasteiger partial charge >= 0.3 is 0 Å². The normalized spacial score (nSPS) is 16.6. The Bertz CT molecular complexity index is 1150. The number of anilines is 1. The van der Waals surface area contributed by atoms with Gasteiger partial charge in [-0.15, -0.1) is 0 Å². The molecule has 5 rings (SSSR count). The molecule has 9 nitrogen and oxygen atoms in total. The molecule has 0 atom stereocenters. The summed E-state index contributed by atoms with van der Waals surface area (Å²) in [6, 6.07) is 5.41. The van der Waals surface area contributed by atoms with E-state index >= 15 is 0 Å². The Labute approximate surface area is 206 Å². The maximum Gasteiger partial charge on any atom is 0.225 e. The lowest BCUT2D eigenvalue weighted by Crippen LogP contribution is -2.38. The van der Waals surface area contributed by atoms with Crippen molar-refractivity contribution < 1.29 is 14.5 Å². The predicted molar refractivity (Wildman–Crippen MR) is 128 cm³/mol. The minimum Gasteiger partial charge on any atom is -0.373 e. The highest BCUT2D eigenvalue weighted by atomic mass is 35.5. The van der Waals surface area contributed by atoms with Gasteiger partial charge < -0.3 is 14.2 Å². The van der Waals surface area contributed by atoms with Crippen LogP contribution in [0.25, 0.3) is 11.3 Å². The number of rotatable bonds is 7. The molecule has 2 fully saturated rings. The summed E-state index contributed by atoms with van der Waals surface area (Å²) in [5.74, 6) is 1.71. The van der Waals surface area contributed by atoms with Gasteiger partial charge in [0, 0.05) is 42.5 Å². The van der Waals surface area contributed by atoms with Gasteiger partial charge in [-0.3, -0.25) is 16.1 Å². The molecule has 0 unspecified atom stereocenters. The smallest absolute Gasteiger partial charge is 0.225 e. The molecule has 0 amide bonds. The first-order chi connectivity index (χ1) is 16.5. The Kier molecular flexibility index (Phi) is 6.69. The molecule has 178 valence electrons. The number of hydrogen-bond donors (Lipinski definition) is 3. The number of benzene rings is 1. The highest BCUT2D eigenvalue weighted by Gasteiger charge is 2.34. The van der Waals surface area contributed by atoms with Crippen molar-refractivity contribution in [2.75, 3.05) is 18.0 Å². The van der Waals surface area contributed by atoms with Gasteiger partial charge in [-0.25, -0.2) is 9.97 Å². The van der Waals surface area contributed by atoms with Crippen molar-refractivity contribution in [3.63, 3.8) is 0 Å². The highest BCUT2D eigenvalue weighted by molar-refractivity contribution is 6.39. The van der Waals surface area contributed by atoms with Gasteiger partial charge in [-0.2, -0.15) is 0 Å². The van der Waals surface area contributed by atoms with E-state index in [2.05, 4.69) is 20.0 Å². The summed E-state index contributed by atoms with van der Waals surface area (Å²) in [4.78, 5) is 10.7. The van der Waals surface area contributed by atoms with Crippen LogP contribution in [0.2, 0.25) is 10.0 Å². The zero-order chi connectivity index (χ0) is 23.7. The van der Waals surface area contributed by atoms with Gasteiger partial charge in [-0.1, -0.05) is 34.4 Å². The summed E-state index contributed by atoms with van der Waals surface area (Å²) in [5.41, 5.74) is 4.48. The van der Waals surface area contributed by atoms with Gasteiger partial charge in [0.2, 0.25) is 5.95 Å². The first-order valence-corrected chi connectivity index (χ1v) is 11.9. The Hall–Kier alpha value is -2.72. The Morgan fingerprint density at radius 1 is 1.15 bits per heavy atom. The number of ether oxygens (including phenoxy) is 1. The molecule has 1 aliphatic carbocycles. The van der Waals surface area contributed by atoms with E-state index in [9.17, 15) is 0 Å². The van der Waals surface area contributed by atoms with E-state index in [1.54, 1.807) is 17.6 Å². The Balaban J connectivity index is 1.24. The van der Waals surface area contributed by atoms with Crippen LogP contribution in [0.1, 0.15) is 48.5 Å². The second-order valence-corrected chi connectivity index (χ2v) is 9.32. The number of amidine groups is 1. The van der Waals surface area contributed by atoms with Crippen LogP contribution in [0.4, 0.5) is 5.95 Å². The van der Waals surface area contributed by atoms with E-state index in [-0.39, 0.29) is 11.9 Å². The number of hydrogen-bond acceptors (Lipinski definition) is 8. The summed E-state index contributed by atoms with van der Waals surface area (Å²) >= 11 is 12.9. The standard InChI is InChI=1S/C23H24Cl2N6O3/c24-17-2-1-3-18(25)19(17)20-16(21(34-30-20)13-4-5-13)12-33-15-6-8-31(9-7-15)23-27-10-14(11-28-23)22(26)29-32/h1-3,10-11,13,15,32H,4-9,12H2,(H2,26,29). The third-order valence-corrected chi connectivity index (χ3v) is 6.82. The third kappa shape index (κ3) is 4.74. The average molecular weight is 503 g/mol. The number of hydroxylamine groups is 1. The highest BCUT2D eigenvalue weighted by Crippen LogP contribution is 2.46. The second-order valence-electron chi connectivity index (χ2n) is 8.50. The summed E-state index contributed by atoms with van der Waals surface area (Å²) in [6.07, 6.45) is 6.94. The molecule has 1 aromatic carbocycles. The van der Waals surface area contributed by atoms with Gasteiger partial charge in [0.25, 0.3) is 0 Å². The Morgan fingerprint density at radius 2 is 1.82 bits per heavy atom.